The Kier molecular flexibility index (Phi) is 4.88. The fourth-order valence-corrected chi connectivity index (χ4v) is 5.61. The van der Waals surface area contributed by atoms with Gasteiger partial charge in [-0.3, -0.25) is 0 Å². The molecule has 4 rings (SSSR count). The van der Waals surface area contributed by atoms with E-state index in [2.05, 4.69) is 87.5 Å². The number of fused-ring (bicyclic) bond motifs is 1. The first kappa shape index (κ1) is 17.4. The van der Waals surface area contributed by atoms with Crippen LogP contribution >= 0.6 is 23.1 Å². The van der Waals surface area contributed by atoms with Crippen molar-refractivity contribution in [3.8, 4) is 10.4 Å². The Bertz CT molecular complexity index is 1040. The molecule has 0 aliphatic rings. The van der Waals surface area contributed by atoms with Crippen LogP contribution in [-0.4, -0.2) is 0 Å². The molecular formula is C24H22S2. The summed E-state index contributed by atoms with van der Waals surface area (Å²) in [7, 11) is 0. The Morgan fingerprint density at radius 2 is 1.50 bits per heavy atom. The monoisotopic (exact) mass is 374 g/mol. The summed E-state index contributed by atoms with van der Waals surface area (Å²) in [5.41, 5.74) is 5.31. The molecule has 3 aromatic carbocycles. The second kappa shape index (κ2) is 7.30. The first-order chi connectivity index (χ1) is 12.6. The minimum atomic E-state index is 1.08. The third-order valence-corrected chi connectivity index (χ3v) is 7.13. The molecule has 0 saturated carbocycles. The normalized spacial score (nSPS) is 11.2. The molecule has 26 heavy (non-hydrogen) atoms. The SMILES string of the molecule is CCc1ccc(Sc2c(-c3ccc(C)cc3)sc3cc(C)ccc23)cc1. The van der Waals surface area contributed by atoms with Gasteiger partial charge in [0.1, 0.15) is 0 Å². The maximum atomic E-state index is 2.31. The fraction of sp³-hybridized carbons (Fsp3) is 0.167. The fourth-order valence-electron chi connectivity index (χ4n) is 3.09. The van der Waals surface area contributed by atoms with Crippen LogP contribution in [0.1, 0.15) is 23.6 Å². The van der Waals surface area contributed by atoms with Gasteiger partial charge in [0.25, 0.3) is 0 Å². The molecule has 0 saturated heterocycles. The van der Waals surface area contributed by atoms with Crippen LogP contribution in [0.25, 0.3) is 20.5 Å². The molecule has 4 aromatic rings. The van der Waals surface area contributed by atoms with E-state index in [0.29, 0.717) is 0 Å². The predicted molar refractivity (Wildman–Crippen MR) is 117 cm³/mol. The molecule has 0 aliphatic heterocycles. The van der Waals surface area contributed by atoms with Crippen LogP contribution in [0.2, 0.25) is 0 Å². The summed E-state index contributed by atoms with van der Waals surface area (Å²) < 4.78 is 1.37. The standard InChI is InChI=1S/C24H22S2/c1-4-18-8-12-20(13-9-18)25-24-21-14-7-17(3)15-22(21)26-23(24)19-10-5-16(2)6-11-19/h5-15H,4H2,1-3H3. The van der Waals surface area contributed by atoms with Gasteiger partial charge in [0, 0.05) is 24.8 Å². The van der Waals surface area contributed by atoms with E-state index in [9.17, 15) is 0 Å². The van der Waals surface area contributed by atoms with Gasteiger partial charge < -0.3 is 0 Å². The van der Waals surface area contributed by atoms with Crippen molar-refractivity contribution in [1.29, 1.82) is 0 Å². The Labute approximate surface area is 163 Å². The van der Waals surface area contributed by atoms with E-state index in [0.717, 1.165) is 6.42 Å². The molecule has 0 bridgehead atoms. The second-order valence-electron chi connectivity index (χ2n) is 6.73. The quantitative estimate of drug-likeness (QED) is 0.350. The molecule has 1 heterocycles. The lowest BCUT2D eigenvalue weighted by Gasteiger charge is -2.07. The van der Waals surface area contributed by atoms with E-state index in [1.54, 1.807) is 0 Å². The van der Waals surface area contributed by atoms with Gasteiger partial charge in [0.05, 0.1) is 0 Å². The highest BCUT2D eigenvalue weighted by molar-refractivity contribution is 8.00. The molecule has 0 amide bonds. The summed E-state index contributed by atoms with van der Waals surface area (Å²) >= 11 is 3.79. The zero-order valence-corrected chi connectivity index (χ0v) is 17.0. The zero-order valence-electron chi connectivity index (χ0n) is 15.4. The van der Waals surface area contributed by atoms with Gasteiger partial charge in [-0.25, -0.2) is 0 Å². The van der Waals surface area contributed by atoms with E-state index in [4.69, 9.17) is 0 Å². The lowest BCUT2D eigenvalue weighted by molar-refractivity contribution is 1.13. The molecule has 0 radical (unpaired) electrons. The zero-order chi connectivity index (χ0) is 18.1. The van der Waals surface area contributed by atoms with Crippen LogP contribution in [0.4, 0.5) is 0 Å². The van der Waals surface area contributed by atoms with Crippen molar-refractivity contribution < 1.29 is 0 Å². The number of hydrogen-bond donors (Lipinski definition) is 0. The van der Waals surface area contributed by atoms with Crippen molar-refractivity contribution in [3.05, 3.63) is 83.4 Å². The molecule has 0 N–H and O–H groups in total. The van der Waals surface area contributed by atoms with Crippen molar-refractivity contribution in [2.24, 2.45) is 0 Å². The van der Waals surface area contributed by atoms with Crippen LogP contribution in [0.5, 0.6) is 0 Å². The minimum absolute atomic E-state index is 1.08. The van der Waals surface area contributed by atoms with E-state index in [1.165, 1.54) is 47.0 Å². The minimum Gasteiger partial charge on any atom is -0.134 e. The molecule has 2 heteroatoms. The first-order valence-electron chi connectivity index (χ1n) is 9.01. The molecule has 0 unspecified atom stereocenters. The third kappa shape index (κ3) is 3.44. The van der Waals surface area contributed by atoms with Crippen molar-refractivity contribution in [2.75, 3.05) is 0 Å². The Morgan fingerprint density at radius 1 is 0.808 bits per heavy atom. The summed E-state index contributed by atoms with van der Waals surface area (Å²) in [6.07, 6.45) is 1.08. The van der Waals surface area contributed by atoms with Crippen LogP contribution in [0.3, 0.4) is 0 Å². The largest absolute Gasteiger partial charge is 0.134 e. The molecular weight excluding hydrogens is 352 g/mol. The first-order valence-corrected chi connectivity index (χ1v) is 10.6. The molecule has 0 atom stereocenters. The highest BCUT2D eigenvalue weighted by Crippen LogP contribution is 2.46. The van der Waals surface area contributed by atoms with Crippen molar-refractivity contribution in [1.82, 2.24) is 0 Å². The van der Waals surface area contributed by atoms with Gasteiger partial charge in [0.2, 0.25) is 0 Å². The molecule has 0 nitrogen and oxygen atoms in total. The Balaban J connectivity index is 1.84. The number of benzene rings is 3. The number of thiophene rings is 1. The van der Waals surface area contributed by atoms with Gasteiger partial charge in [-0.2, -0.15) is 0 Å². The molecule has 1 aromatic heterocycles. The maximum Gasteiger partial charge on any atom is 0.0494 e. The maximum absolute atomic E-state index is 2.31. The van der Waals surface area contributed by atoms with Crippen LogP contribution in [0.15, 0.2) is 76.5 Å². The third-order valence-electron chi connectivity index (χ3n) is 4.67. The van der Waals surface area contributed by atoms with Gasteiger partial charge >= 0.3 is 0 Å². The number of rotatable bonds is 4. The van der Waals surface area contributed by atoms with E-state index in [-0.39, 0.29) is 0 Å². The van der Waals surface area contributed by atoms with Crippen LogP contribution in [-0.2, 0) is 6.42 Å². The van der Waals surface area contributed by atoms with Gasteiger partial charge in [-0.05, 0) is 55.2 Å². The van der Waals surface area contributed by atoms with Gasteiger partial charge in [-0.1, -0.05) is 72.8 Å². The summed E-state index contributed by atoms with van der Waals surface area (Å²) in [5.74, 6) is 0. The Hall–Kier alpha value is -2.03. The summed E-state index contributed by atoms with van der Waals surface area (Å²) in [6, 6.07) is 24.7. The van der Waals surface area contributed by atoms with Gasteiger partial charge in [0.15, 0.2) is 0 Å². The molecule has 0 spiro atoms. The molecule has 0 fully saturated rings. The molecule has 0 aliphatic carbocycles. The van der Waals surface area contributed by atoms with Crippen LogP contribution in [0, 0.1) is 13.8 Å². The topological polar surface area (TPSA) is 0 Å². The average molecular weight is 375 g/mol. The smallest absolute Gasteiger partial charge is 0.0494 e. The highest BCUT2D eigenvalue weighted by atomic mass is 32.2. The van der Waals surface area contributed by atoms with Crippen LogP contribution < -0.4 is 0 Å². The van der Waals surface area contributed by atoms with Crippen molar-refractivity contribution in [3.63, 3.8) is 0 Å². The predicted octanol–water partition coefficient (Wildman–Crippen LogP) is 7.90. The lowest BCUT2D eigenvalue weighted by atomic mass is 10.1. The average Bonchev–Trinajstić information content (AvgIpc) is 3.00. The highest BCUT2D eigenvalue weighted by Gasteiger charge is 2.15. The summed E-state index contributed by atoms with van der Waals surface area (Å²) in [4.78, 5) is 4.05. The summed E-state index contributed by atoms with van der Waals surface area (Å²) in [6.45, 7) is 6.51. The second-order valence-corrected chi connectivity index (χ2v) is 8.86. The lowest BCUT2D eigenvalue weighted by Crippen LogP contribution is -1.81. The van der Waals surface area contributed by atoms with E-state index in [1.807, 2.05) is 23.1 Å². The van der Waals surface area contributed by atoms with Crippen molar-refractivity contribution >= 4 is 33.2 Å². The van der Waals surface area contributed by atoms with Gasteiger partial charge in [-0.15, -0.1) is 11.3 Å². The molecule has 130 valence electrons. The summed E-state index contributed by atoms with van der Waals surface area (Å²) in [5, 5.41) is 1.36. The number of hydrogen-bond acceptors (Lipinski definition) is 2. The Morgan fingerprint density at radius 3 is 2.19 bits per heavy atom. The van der Waals surface area contributed by atoms with E-state index >= 15 is 0 Å². The van der Waals surface area contributed by atoms with Crippen molar-refractivity contribution in [2.45, 2.75) is 37.0 Å². The van der Waals surface area contributed by atoms with E-state index < -0.39 is 0 Å². The number of aryl methyl sites for hydroxylation is 3.